The van der Waals surface area contributed by atoms with Gasteiger partial charge in [0.2, 0.25) is 5.91 Å². The largest absolute Gasteiger partial charge is 0.361 e. The first-order chi connectivity index (χ1) is 14.7. The molecule has 2 aromatic carbocycles. The minimum Gasteiger partial charge on any atom is -0.361 e. The number of rotatable bonds is 4. The average molecular weight is 416 g/mol. The maximum absolute atomic E-state index is 12.9. The molecule has 1 saturated heterocycles. The van der Waals surface area contributed by atoms with Crippen LogP contribution in [0.2, 0.25) is 0 Å². The second-order valence-electron chi connectivity index (χ2n) is 8.13. The molecule has 0 atom stereocenters. The molecular formula is C25H25N3OS. The lowest BCUT2D eigenvalue weighted by Gasteiger charge is -2.32. The maximum atomic E-state index is 12.9. The summed E-state index contributed by atoms with van der Waals surface area (Å²) in [6, 6.07) is 16.8. The van der Waals surface area contributed by atoms with Crippen LogP contribution >= 0.6 is 11.3 Å². The predicted molar refractivity (Wildman–Crippen MR) is 123 cm³/mol. The van der Waals surface area contributed by atoms with Gasteiger partial charge in [-0.3, -0.25) is 4.79 Å². The summed E-state index contributed by atoms with van der Waals surface area (Å²) in [6.07, 6.45) is 4.56. The number of likely N-dealkylation sites (tertiary alicyclic amines) is 1. The molecule has 0 spiro atoms. The topological polar surface area (TPSA) is 49.0 Å². The molecule has 4 aromatic rings. The Hall–Kier alpha value is -2.92. The minimum absolute atomic E-state index is 0.188. The van der Waals surface area contributed by atoms with Crippen LogP contribution in [0.15, 0.2) is 60.1 Å². The number of aromatic amines is 1. The van der Waals surface area contributed by atoms with Crippen molar-refractivity contribution in [2.45, 2.75) is 32.1 Å². The number of amides is 1. The van der Waals surface area contributed by atoms with Gasteiger partial charge >= 0.3 is 0 Å². The van der Waals surface area contributed by atoms with Crippen molar-refractivity contribution in [3.63, 3.8) is 0 Å². The van der Waals surface area contributed by atoms with Crippen molar-refractivity contribution >= 4 is 28.1 Å². The number of benzene rings is 2. The lowest BCUT2D eigenvalue weighted by atomic mass is 9.89. The highest BCUT2D eigenvalue weighted by molar-refractivity contribution is 7.13. The Morgan fingerprint density at radius 2 is 2.00 bits per heavy atom. The zero-order valence-corrected chi connectivity index (χ0v) is 17.9. The monoisotopic (exact) mass is 415 g/mol. The number of aromatic nitrogens is 2. The van der Waals surface area contributed by atoms with E-state index in [9.17, 15) is 4.79 Å². The van der Waals surface area contributed by atoms with Crippen LogP contribution in [0.1, 0.15) is 35.6 Å². The van der Waals surface area contributed by atoms with E-state index in [4.69, 9.17) is 4.98 Å². The van der Waals surface area contributed by atoms with Crippen molar-refractivity contribution in [3.05, 3.63) is 76.9 Å². The summed E-state index contributed by atoms with van der Waals surface area (Å²) >= 11 is 1.61. The van der Waals surface area contributed by atoms with Crippen LogP contribution in [0.4, 0.5) is 0 Å². The first-order valence-corrected chi connectivity index (χ1v) is 11.4. The molecule has 1 N–H and O–H groups in total. The third-order valence-corrected chi connectivity index (χ3v) is 7.00. The molecule has 4 nitrogen and oxygen atoms in total. The van der Waals surface area contributed by atoms with E-state index in [1.54, 1.807) is 11.3 Å². The molecule has 152 valence electrons. The van der Waals surface area contributed by atoms with Crippen molar-refractivity contribution in [1.29, 1.82) is 0 Å². The Bertz CT molecular complexity index is 1180. The number of nitrogens with zero attached hydrogens (tertiary/aromatic N) is 2. The van der Waals surface area contributed by atoms with Crippen LogP contribution in [0, 0.1) is 6.92 Å². The Balaban J connectivity index is 1.21. The van der Waals surface area contributed by atoms with Crippen molar-refractivity contribution in [2.24, 2.45) is 0 Å². The molecule has 0 radical (unpaired) electrons. The maximum Gasteiger partial charge on any atom is 0.228 e. The van der Waals surface area contributed by atoms with Gasteiger partial charge in [0.15, 0.2) is 0 Å². The predicted octanol–water partition coefficient (Wildman–Crippen LogP) is 5.55. The van der Waals surface area contributed by atoms with Crippen LogP contribution in [-0.4, -0.2) is 33.9 Å². The molecule has 3 heterocycles. The van der Waals surface area contributed by atoms with Crippen LogP contribution < -0.4 is 0 Å². The van der Waals surface area contributed by atoms with Gasteiger partial charge in [0.05, 0.1) is 12.1 Å². The zero-order chi connectivity index (χ0) is 20.5. The molecule has 1 aliphatic heterocycles. The number of thiazole rings is 1. The molecule has 1 fully saturated rings. The van der Waals surface area contributed by atoms with Crippen molar-refractivity contribution in [2.75, 3.05) is 13.1 Å². The summed E-state index contributed by atoms with van der Waals surface area (Å²) in [4.78, 5) is 23.0. The highest BCUT2D eigenvalue weighted by Crippen LogP contribution is 2.33. The highest BCUT2D eigenvalue weighted by atomic mass is 32.1. The molecule has 5 rings (SSSR count). The molecular weight excluding hydrogens is 390 g/mol. The number of para-hydroxylation sites is 1. The molecule has 1 amide bonds. The summed E-state index contributed by atoms with van der Waals surface area (Å²) < 4.78 is 0. The van der Waals surface area contributed by atoms with Gasteiger partial charge in [-0.25, -0.2) is 4.98 Å². The molecule has 30 heavy (non-hydrogen) atoms. The summed E-state index contributed by atoms with van der Waals surface area (Å²) in [6.45, 7) is 3.72. The zero-order valence-electron chi connectivity index (χ0n) is 17.1. The summed E-state index contributed by atoms with van der Waals surface area (Å²) in [5.74, 6) is 0.700. The third-order valence-electron chi connectivity index (χ3n) is 6.06. The Kier molecular flexibility index (Phi) is 5.13. The number of piperidine rings is 1. The molecule has 0 saturated carbocycles. The highest BCUT2D eigenvalue weighted by Gasteiger charge is 2.25. The Morgan fingerprint density at radius 3 is 2.83 bits per heavy atom. The van der Waals surface area contributed by atoms with E-state index in [-0.39, 0.29) is 5.91 Å². The first-order valence-electron chi connectivity index (χ1n) is 10.5. The van der Waals surface area contributed by atoms with Crippen LogP contribution in [0.25, 0.3) is 21.5 Å². The first kappa shape index (κ1) is 19.1. The lowest BCUT2D eigenvalue weighted by Crippen LogP contribution is -2.38. The fraction of sp³-hybridized carbons (Fsp3) is 0.280. The van der Waals surface area contributed by atoms with Crippen LogP contribution in [0.3, 0.4) is 0 Å². The number of nitrogens with one attached hydrogen (secondary N) is 1. The summed E-state index contributed by atoms with van der Waals surface area (Å²) in [5, 5.41) is 4.32. The molecule has 1 aliphatic rings. The van der Waals surface area contributed by atoms with E-state index in [2.05, 4.69) is 66.6 Å². The van der Waals surface area contributed by atoms with Gasteiger partial charge in [-0.15, -0.1) is 11.3 Å². The van der Waals surface area contributed by atoms with E-state index in [0.717, 1.165) is 42.2 Å². The number of carbonyl (C=O) groups excluding carboxylic acids is 1. The SMILES string of the molecule is Cc1cccc(-c2nc(CC(=O)N3CCC(c4c[nH]c5ccccc45)CC3)cs2)c1. The standard InChI is InChI=1S/C25H25N3OS/c1-17-5-4-6-19(13-17)25-27-20(16-30-25)14-24(29)28-11-9-18(10-12-28)22-15-26-23-8-3-2-7-21(22)23/h2-8,13,15-16,18,26H,9-12,14H2,1H3. The van der Waals surface area contributed by atoms with Crippen molar-refractivity contribution in [3.8, 4) is 10.6 Å². The minimum atomic E-state index is 0.188. The number of hydrogen-bond acceptors (Lipinski definition) is 3. The van der Waals surface area contributed by atoms with Gasteiger partial charge in [0.1, 0.15) is 5.01 Å². The summed E-state index contributed by atoms with van der Waals surface area (Å²) in [7, 11) is 0. The van der Waals surface area contributed by atoms with Crippen molar-refractivity contribution < 1.29 is 4.79 Å². The number of fused-ring (bicyclic) bond motifs is 1. The second-order valence-corrected chi connectivity index (χ2v) is 8.99. The Morgan fingerprint density at radius 1 is 1.17 bits per heavy atom. The number of hydrogen-bond donors (Lipinski definition) is 1. The van der Waals surface area contributed by atoms with E-state index < -0.39 is 0 Å². The van der Waals surface area contributed by atoms with Crippen LogP contribution in [0.5, 0.6) is 0 Å². The number of aryl methyl sites for hydroxylation is 1. The Labute approximate surface area is 180 Å². The van der Waals surface area contributed by atoms with E-state index in [1.807, 2.05) is 10.3 Å². The van der Waals surface area contributed by atoms with Gasteiger partial charge in [-0.1, -0.05) is 42.0 Å². The lowest BCUT2D eigenvalue weighted by molar-refractivity contribution is -0.131. The van der Waals surface area contributed by atoms with Gasteiger partial charge in [-0.2, -0.15) is 0 Å². The number of H-pyrrole nitrogens is 1. The molecule has 5 heteroatoms. The quantitative estimate of drug-likeness (QED) is 0.475. The third kappa shape index (κ3) is 3.77. The normalized spacial score (nSPS) is 15.0. The average Bonchev–Trinajstić information content (AvgIpc) is 3.41. The molecule has 0 aliphatic carbocycles. The van der Waals surface area contributed by atoms with E-state index in [1.165, 1.54) is 22.0 Å². The fourth-order valence-electron chi connectivity index (χ4n) is 4.44. The van der Waals surface area contributed by atoms with Gasteiger partial charge in [0, 0.05) is 41.1 Å². The van der Waals surface area contributed by atoms with Crippen LogP contribution in [-0.2, 0) is 11.2 Å². The fourth-order valence-corrected chi connectivity index (χ4v) is 5.25. The van der Waals surface area contributed by atoms with E-state index in [0.29, 0.717) is 12.3 Å². The second kappa shape index (κ2) is 8.07. The van der Waals surface area contributed by atoms with Gasteiger partial charge in [-0.05, 0) is 43.4 Å². The smallest absolute Gasteiger partial charge is 0.228 e. The molecule has 2 aromatic heterocycles. The molecule has 0 bridgehead atoms. The van der Waals surface area contributed by atoms with Gasteiger partial charge < -0.3 is 9.88 Å². The van der Waals surface area contributed by atoms with Gasteiger partial charge in [0.25, 0.3) is 0 Å². The number of carbonyl (C=O) groups is 1. The summed E-state index contributed by atoms with van der Waals surface area (Å²) in [5.41, 5.74) is 5.80. The van der Waals surface area contributed by atoms with E-state index >= 15 is 0 Å². The van der Waals surface area contributed by atoms with Crippen molar-refractivity contribution in [1.82, 2.24) is 14.9 Å². The molecule has 0 unspecified atom stereocenters.